The lowest BCUT2D eigenvalue weighted by Gasteiger charge is -2.29. The average Bonchev–Trinajstić information content (AvgIpc) is 2.95. The van der Waals surface area contributed by atoms with E-state index >= 15 is 0 Å². The van der Waals surface area contributed by atoms with Gasteiger partial charge in [0.05, 0.1) is 13.2 Å². The Hall–Kier alpha value is -1.36. The zero-order valence-electron chi connectivity index (χ0n) is 12.1. The molecule has 3 rings (SSSR count). The highest BCUT2D eigenvalue weighted by Crippen LogP contribution is 2.17. The van der Waals surface area contributed by atoms with Crippen LogP contribution in [0.3, 0.4) is 0 Å². The zero-order chi connectivity index (χ0) is 13.8. The molecule has 1 aromatic carbocycles. The minimum absolute atomic E-state index is 0.488. The summed E-state index contributed by atoms with van der Waals surface area (Å²) in [5, 5.41) is 4.95. The van der Waals surface area contributed by atoms with Crippen molar-refractivity contribution >= 4 is 10.9 Å². The first-order valence-corrected chi connectivity index (χ1v) is 7.41. The van der Waals surface area contributed by atoms with Crippen molar-refractivity contribution in [3.63, 3.8) is 0 Å². The van der Waals surface area contributed by atoms with E-state index in [1.54, 1.807) is 0 Å². The molecule has 0 aliphatic carbocycles. The second-order valence-corrected chi connectivity index (χ2v) is 5.55. The lowest BCUT2D eigenvalue weighted by atomic mass is 10.1. The fraction of sp³-hybridized carbons (Fsp3) is 0.500. The number of morpholine rings is 1. The summed E-state index contributed by atoms with van der Waals surface area (Å²) in [6.45, 7) is 8.11. The van der Waals surface area contributed by atoms with Crippen LogP contribution in [0.25, 0.3) is 10.9 Å². The first kappa shape index (κ1) is 13.6. The molecule has 20 heavy (non-hydrogen) atoms. The number of hydrogen-bond acceptors (Lipinski definition) is 3. The third kappa shape index (κ3) is 3.20. The molecule has 108 valence electrons. The topological polar surface area (TPSA) is 40.3 Å². The Morgan fingerprint density at radius 3 is 3.00 bits per heavy atom. The molecule has 2 heterocycles. The van der Waals surface area contributed by atoms with Crippen molar-refractivity contribution in [1.29, 1.82) is 0 Å². The van der Waals surface area contributed by atoms with Crippen LogP contribution < -0.4 is 5.32 Å². The Morgan fingerprint density at radius 1 is 1.30 bits per heavy atom. The minimum Gasteiger partial charge on any atom is -0.379 e. The Morgan fingerprint density at radius 2 is 2.15 bits per heavy atom. The monoisotopic (exact) mass is 273 g/mol. The van der Waals surface area contributed by atoms with E-state index in [9.17, 15) is 0 Å². The fourth-order valence-corrected chi connectivity index (χ4v) is 2.82. The molecule has 0 bridgehead atoms. The summed E-state index contributed by atoms with van der Waals surface area (Å²) in [6, 6.07) is 9.07. The van der Waals surface area contributed by atoms with Crippen molar-refractivity contribution in [3.8, 4) is 0 Å². The summed E-state index contributed by atoms with van der Waals surface area (Å²) >= 11 is 0. The normalized spacial score (nSPS) is 18.4. The number of nitrogens with zero attached hydrogens (tertiary/aromatic N) is 1. The van der Waals surface area contributed by atoms with Crippen molar-refractivity contribution in [2.75, 3.05) is 32.8 Å². The summed E-state index contributed by atoms with van der Waals surface area (Å²) in [5.74, 6) is 0. The van der Waals surface area contributed by atoms with Crippen LogP contribution in [0.4, 0.5) is 0 Å². The number of nitrogens with one attached hydrogen (secondary N) is 2. The van der Waals surface area contributed by atoms with Gasteiger partial charge in [-0.2, -0.15) is 0 Å². The summed E-state index contributed by atoms with van der Waals surface area (Å²) in [6.07, 6.45) is 2.01. The van der Waals surface area contributed by atoms with Crippen LogP contribution in [0.5, 0.6) is 0 Å². The number of ether oxygens (including phenoxy) is 1. The first-order chi connectivity index (χ1) is 9.83. The molecule has 1 aliphatic heterocycles. The Labute approximate surface area is 120 Å². The lowest BCUT2D eigenvalue weighted by molar-refractivity contribution is 0.0343. The molecule has 1 saturated heterocycles. The zero-order valence-corrected chi connectivity index (χ0v) is 12.1. The molecule has 1 aromatic heterocycles. The van der Waals surface area contributed by atoms with Gasteiger partial charge in [0.2, 0.25) is 0 Å². The smallest absolute Gasteiger partial charge is 0.0594 e. The number of rotatable bonds is 5. The van der Waals surface area contributed by atoms with E-state index in [2.05, 4.69) is 46.4 Å². The number of fused-ring (bicyclic) bond motifs is 1. The first-order valence-electron chi connectivity index (χ1n) is 7.41. The molecule has 2 N–H and O–H groups in total. The van der Waals surface area contributed by atoms with Gasteiger partial charge in [-0.1, -0.05) is 12.1 Å². The van der Waals surface area contributed by atoms with Gasteiger partial charge in [0.25, 0.3) is 0 Å². The quantitative estimate of drug-likeness (QED) is 0.875. The van der Waals surface area contributed by atoms with Crippen LogP contribution in [0.1, 0.15) is 12.5 Å². The highest BCUT2D eigenvalue weighted by atomic mass is 16.5. The second-order valence-electron chi connectivity index (χ2n) is 5.55. The summed E-state index contributed by atoms with van der Waals surface area (Å²) in [4.78, 5) is 5.73. The van der Waals surface area contributed by atoms with Crippen LogP contribution in [0.15, 0.2) is 30.5 Å². The lowest BCUT2D eigenvalue weighted by Crippen LogP contribution is -2.44. The third-order valence-electron chi connectivity index (χ3n) is 3.96. The highest BCUT2D eigenvalue weighted by Gasteiger charge is 2.13. The Kier molecular flexibility index (Phi) is 4.35. The van der Waals surface area contributed by atoms with E-state index in [-0.39, 0.29) is 0 Å². The molecule has 1 atom stereocenters. The standard InChI is InChI=1S/C16H23N3O/c1-13(12-19-7-9-20-10-8-19)18-11-14-3-2-4-16-15(14)5-6-17-16/h2-6,13,17-18H,7-12H2,1H3/t13-/m1/s1. The van der Waals surface area contributed by atoms with Crippen molar-refractivity contribution < 1.29 is 4.74 Å². The van der Waals surface area contributed by atoms with E-state index in [0.29, 0.717) is 6.04 Å². The molecule has 0 unspecified atom stereocenters. The number of benzene rings is 1. The molecular weight excluding hydrogens is 250 g/mol. The van der Waals surface area contributed by atoms with Crippen molar-refractivity contribution in [2.45, 2.75) is 19.5 Å². The van der Waals surface area contributed by atoms with E-state index in [1.807, 2.05) is 6.20 Å². The molecule has 1 aliphatic rings. The van der Waals surface area contributed by atoms with Gasteiger partial charge in [0.15, 0.2) is 0 Å². The van der Waals surface area contributed by atoms with Crippen LogP contribution in [0.2, 0.25) is 0 Å². The second kappa shape index (κ2) is 6.39. The van der Waals surface area contributed by atoms with Crippen molar-refractivity contribution in [2.24, 2.45) is 0 Å². The van der Waals surface area contributed by atoms with Gasteiger partial charge in [-0.05, 0) is 24.6 Å². The van der Waals surface area contributed by atoms with Crippen molar-refractivity contribution in [3.05, 3.63) is 36.0 Å². The molecule has 4 heteroatoms. The van der Waals surface area contributed by atoms with Crippen LogP contribution in [-0.2, 0) is 11.3 Å². The van der Waals surface area contributed by atoms with Crippen LogP contribution >= 0.6 is 0 Å². The highest BCUT2D eigenvalue weighted by molar-refractivity contribution is 5.82. The Balaban J connectivity index is 1.54. The molecule has 1 fully saturated rings. The number of H-pyrrole nitrogens is 1. The molecule has 0 amide bonds. The fourth-order valence-electron chi connectivity index (χ4n) is 2.82. The average molecular weight is 273 g/mol. The maximum absolute atomic E-state index is 5.38. The molecule has 4 nitrogen and oxygen atoms in total. The predicted molar refractivity (Wildman–Crippen MR) is 81.9 cm³/mol. The number of aromatic amines is 1. The molecule has 0 radical (unpaired) electrons. The van der Waals surface area contributed by atoms with Gasteiger partial charge < -0.3 is 15.0 Å². The summed E-state index contributed by atoms with van der Waals surface area (Å²) in [5.41, 5.74) is 2.57. The van der Waals surface area contributed by atoms with Gasteiger partial charge in [0, 0.05) is 49.3 Å². The SMILES string of the molecule is C[C@H](CN1CCOCC1)NCc1cccc2[nH]ccc12. The summed E-state index contributed by atoms with van der Waals surface area (Å²) in [7, 11) is 0. The molecular formula is C16H23N3O. The number of hydrogen-bond donors (Lipinski definition) is 2. The van der Waals surface area contributed by atoms with Gasteiger partial charge in [-0.25, -0.2) is 0 Å². The molecule has 0 spiro atoms. The van der Waals surface area contributed by atoms with E-state index in [0.717, 1.165) is 39.4 Å². The minimum atomic E-state index is 0.488. The Bertz CT molecular complexity index is 545. The van der Waals surface area contributed by atoms with Gasteiger partial charge >= 0.3 is 0 Å². The van der Waals surface area contributed by atoms with E-state index in [4.69, 9.17) is 4.74 Å². The maximum atomic E-state index is 5.38. The predicted octanol–water partition coefficient (Wildman–Crippen LogP) is 1.98. The van der Waals surface area contributed by atoms with Gasteiger partial charge in [-0.3, -0.25) is 4.90 Å². The summed E-state index contributed by atoms with van der Waals surface area (Å²) < 4.78 is 5.38. The van der Waals surface area contributed by atoms with E-state index in [1.165, 1.54) is 16.5 Å². The largest absolute Gasteiger partial charge is 0.379 e. The van der Waals surface area contributed by atoms with E-state index < -0.39 is 0 Å². The van der Waals surface area contributed by atoms with Gasteiger partial charge in [0.1, 0.15) is 0 Å². The van der Waals surface area contributed by atoms with Gasteiger partial charge in [-0.15, -0.1) is 0 Å². The molecule has 0 saturated carbocycles. The van der Waals surface area contributed by atoms with Crippen LogP contribution in [0, 0.1) is 0 Å². The van der Waals surface area contributed by atoms with Crippen molar-refractivity contribution in [1.82, 2.24) is 15.2 Å². The maximum Gasteiger partial charge on any atom is 0.0594 e. The number of aromatic nitrogens is 1. The third-order valence-corrected chi connectivity index (χ3v) is 3.96. The van der Waals surface area contributed by atoms with Crippen LogP contribution in [-0.4, -0.2) is 48.8 Å². The molecule has 2 aromatic rings.